The molecule has 0 fully saturated rings. The van der Waals surface area contributed by atoms with Crippen molar-refractivity contribution in [3.05, 3.63) is 51.8 Å². The van der Waals surface area contributed by atoms with Crippen LogP contribution in [0.2, 0.25) is 5.02 Å². The smallest absolute Gasteiger partial charge is 0.275 e. The third-order valence-corrected chi connectivity index (χ3v) is 3.72. The molecular formula is C13H12ClN3O. The second kappa shape index (κ2) is 3.85. The fourth-order valence-corrected chi connectivity index (χ4v) is 2.71. The average molecular weight is 262 g/mol. The number of carbonyl (C=O) groups is 1. The van der Waals surface area contributed by atoms with Crippen molar-refractivity contribution in [1.82, 2.24) is 15.1 Å². The van der Waals surface area contributed by atoms with Crippen LogP contribution in [0.1, 0.15) is 33.4 Å². The number of amides is 1. The van der Waals surface area contributed by atoms with Gasteiger partial charge < -0.3 is 4.90 Å². The summed E-state index contributed by atoms with van der Waals surface area (Å²) >= 11 is 6.23. The number of aryl methyl sites for hydroxylation is 1. The van der Waals surface area contributed by atoms with Crippen LogP contribution in [0.4, 0.5) is 0 Å². The molecule has 1 N–H and O–H groups in total. The van der Waals surface area contributed by atoms with Gasteiger partial charge in [0.1, 0.15) is 0 Å². The number of rotatable bonds is 1. The Morgan fingerprint density at radius 3 is 2.83 bits per heavy atom. The lowest BCUT2D eigenvalue weighted by atomic mass is 9.99. The standard InChI is InChI=1S/C13H12ClN3O/c1-7-10-11(16-15-7)13(18)17(2)12(10)8-5-3-4-6-9(8)14/h3-6,12H,1-2H3,(H,15,16)/t12-/m1/s1. The molecule has 0 radical (unpaired) electrons. The molecule has 5 heteroatoms. The number of nitrogens with zero attached hydrogens (tertiary/aromatic N) is 2. The minimum Gasteiger partial charge on any atom is -0.329 e. The summed E-state index contributed by atoms with van der Waals surface area (Å²) in [6, 6.07) is 7.43. The van der Waals surface area contributed by atoms with Crippen molar-refractivity contribution in [2.45, 2.75) is 13.0 Å². The number of H-pyrrole nitrogens is 1. The molecule has 0 spiro atoms. The molecule has 0 saturated heterocycles. The molecule has 4 nitrogen and oxygen atoms in total. The largest absolute Gasteiger partial charge is 0.329 e. The summed E-state index contributed by atoms with van der Waals surface area (Å²) in [6.45, 7) is 1.92. The lowest BCUT2D eigenvalue weighted by Gasteiger charge is -2.22. The van der Waals surface area contributed by atoms with Gasteiger partial charge in [-0.15, -0.1) is 0 Å². The third kappa shape index (κ3) is 1.39. The van der Waals surface area contributed by atoms with Crippen LogP contribution < -0.4 is 0 Å². The summed E-state index contributed by atoms with van der Waals surface area (Å²) in [5.74, 6) is -0.0701. The first-order valence-corrected chi connectivity index (χ1v) is 6.05. The van der Waals surface area contributed by atoms with Crippen molar-refractivity contribution in [2.24, 2.45) is 0 Å². The minimum absolute atomic E-state index is 0.0701. The highest BCUT2D eigenvalue weighted by molar-refractivity contribution is 6.31. The topological polar surface area (TPSA) is 49.0 Å². The van der Waals surface area contributed by atoms with Crippen LogP contribution in [0.3, 0.4) is 0 Å². The second-order valence-corrected chi connectivity index (χ2v) is 4.86. The minimum atomic E-state index is -0.153. The monoisotopic (exact) mass is 261 g/mol. The molecule has 0 aliphatic carbocycles. The Balaban J connectivity index is 2.21. The molecule has 2 heterocycles. The maximum Gasteiger partial charge on any atom is 0.275 e. The molecule has 1 amide bonds. The summed E-state index contributed by atoms with van der Waals surface area (Å²) in [4.78, 5) is 13.8. The van der Waals surface area contributed by atoms with Gasteiger partial charge in [-0.25, -0.2) is 0 Å². The van der Waals surface area contributed by atoms with Gasteiger partial charge in [0.05, 0.1) is 6.04 Å². The van der Waals surface area contributed by atoms with Crippen LogP contribution in [0.25, 0.3) is 0 Å². The van der Waals surface area contributed by atoms with Crippen LogP contribution in [-0.4, -0.2) is 28.1 Å². The zero-order valence-corrected chi connectivity index (χ0v) is 10.8. The molecule has 0 saturated carbocycles. The zero-order chi connectivity index (χ0) is 12.9. The highest BCUT2D eigenvalue weighted by Crippen LogP contribution is 2.40. The molecule has 2 aromatic rings. The Kier molecular flexibility index (Phi) is 2.41. The quantitative estimate of drug-likeness (QED) is 0.858. The van der Waals surface area contributed by atoms with E-state index in [2.05, 4.69) is 10.2 Å². The van der Waals surface area contributed by atoms with E-state index < -0.39 is 0 Å². The zero-order valence-electron chi connectivity index (χ0n) is 10.1. The molecule has 0 unspecified atom stereocenters. The highest BCUT2D eigenvalue weighted by atomic mass is 35.5. The molecule has 1 atom stereocenters. The van der Waals surface area contributed by atoms with Crippen molar-refractivity contribution in [2.75, 3.05) is 7.05 Å². The number of aromatic nitrogens is 2. The van der Waals surface area contributed by atoms with E-state index in [0.29, 0.717) is 10.7 Å². The third-order valence-electron chi connectivity index (χ3n) is 3.38. The van der Waals surface area contributed by atoms with E-state index in [4.69, 9.17) is 11.6 Å². The number of aromatic amines is 1. The van der Waals surface area contributed by atoms with Crippen LogP contribution in [-0.2, 0) is 0 Å². The number of benzene rings is 1. The highest BCUT2D eigenvalue weighted by Gasteiger charge is 2.39. The van der Waals surface area contributed by atoms with Gasteiger partial charge in [-0.2, -0.15) is 5.10 Å². The Hall–Kier alpha value is -1.81. The molecular weight excluding hydrogens is 250 g/mol. The van der Waals surface area contributed by atoms with E-state index in [-0.39, 0.29) is 11.9 Å². The number of halogens is 1. The summed E-state index contributed by atoms with van der Waals surface area (Å²) in [7, 11) is 1.78. The molecule has 3 rings (SSSR count). The van der Waals surface area contributed by atoms with Crippen molar-refractivity contribution >= 4 is 17.5 Å². The van der Waals surface area contributed by atoms with E-state index >= 15 is 0 Å². The fourth-order valence-electron chi connectivity index (χ4n) is 2.47. The first-order valence-electron chi connectivity index (χ1n) is 5.67. The Morgan fingerprint density at radius 1 is 1.39 bits per heavy atom. The molecule has 1 aromatic carbocycles. The van der Waals surface area contributed by atoms with Crippen molar-refractivity contribution in [1.29, 1.82) is 0 Å². The van der Waals surface area contributed by atoms with E-state index in [9.17, 15) is 4.79 Å². The summed E-state index contributed by atoms with van der Waals surface area (Å²) in [5, 5.41) is 7.61. The summed E-state index contributed by atoms with van der Waals surface area (Å²) < 4.78 is 0. The van der Waals surface area contributed by atoms with E-state index in [0.717, 1.165) is 16.8 Å². The van der Waals surface area contributed by atoms with Gasteiger partial charge in [0.2, 0.25) is 0 Å². The van der Waals surface area contributed by atoms with Gasteiger partial charge >= 0.3 is 0 Å². The number of nitrogens with one attached hydrogen (secondary N) is 1. The van der Waals surface area contributed by atoms with Crippen LogP contribution in [0.5, 0.6) is 0 Å². The molecule has 92 valence electrons. The van der Waals surface area contributed by atoms with Gasteiger partial charge in [0.15, 0.2) is 5.69 Å². The Morgan fingerprint density at radius 2 is 2.11 bits per heavy atom. The van der Waals surface area contributed by atoms with Gasteiger partial charge in [0.25, 0.3) is 5.91 Å². The molecule has 1 aliphatic heterocycles. The van der Waals surface area contributed by atoms with Crippen molar-refractivity contribution in [3.8, 4) is 0 Å². The number of fused-ring (bicyclic) bond motifs is 1. The fraction of sp³-hybridized carbons (Fsp3) is 0.231. The summed E-state index contributed by atoms with van der Waals surface area (Å²) in [6.07, 6.45) is 0. The molecule has 18 heavy (non-hydrogen) atoms. The summed E-state index contributed by atoms with van der Waals surface area (Å²) in [5.41, 5.74) is 3.27. The predicted octanol–water partition coefficient (Wildman–Crippen LogP) is 2.55. The Labute approximate surface area is 110 Å². The van der Waals surface area contributed by atoms with Gasteiger partial charge in [0, 0.05) is 23.3 Å². The normalized spacial score (nSPS) is 18.3. The molecule has 0 bridgehead atoms. The van der Waals surface area contributed by atoms with E-state index in [1.54, 1.807) is 11.9 Å². The lowest BCUT2D eigenvalue weighted by Crippen LogP contribution is -2.25. The van der Waals surface area contributed by atoms with E-state index in [1.807, 2.05) is 31.2 Å². The van der Waals surface area contributed by atoms with Crippen molar-refractivity contribution in [3.63, 3.8) is 0 Å². The lowest BCUT2D eigenvalue weighted by molar-refractivity contribution is 0.0787. The molecule has 1 aromatic heterocycles. The molecule has 1 aliphatic rings. The second-order valence-electron chi connectivity index (χ2n) is 4.45. The van der Waals surface area contributed by atoms with Gasteiger partial charge in [-0.1, -0.05) is 29.8 Å². The predicted molar refractivity (Wildman–Crippen MR) is 68.7 cm³/mol. The first-order chi connectivity index (χ1) is 8.61. The number of hydrogen-bond donors (Lipinski definition) is 1. The number of carbonyl (C=O) groups excluding carboxylic acids is 1. The van der Waals surface area contributed by atoms with Crippen LogP contribution >= 0.6 is 11.6 Å². The number of hydrogen-bond acceptors (Lipinski definition) is 2. The maximum absolute atomic E-state index is 12.1. The maximum atomic E-state index is 12.1. The van der Waals surface area contributed by atoms with Gasteiger partial charge in [-0.05, 0) is 18.6 Å². The SMILES string of the molecule is Cc1[nH]nc2c1[C@@H](c1ccccc1Cl)N(C)C2=O. The van der Waals surface area contributed by atoms with E-state index in [1.165, 1.54) is 0 Å². The first kappa shape index (κ1) is 11.3. The average Bonchev–Trinajstić information content (AvgIpc) is 2.83. The van der Waals surface area contributed by atoms with Crippen LogP contribution in [0, 0.1) is 6.92 Å². The van der Waals surface area contributed by atoms with Gasteiger partial charge in [-0.3, -0.25) is 9.89 Å². The van der Waals surface area contributed by atoms with Crippen LogP contribution in [0.15, 0.2) is 24.3 Å². The van der Waals surface area contributed by atoms with Crippen molar-refractivity contribution < 1.29 is 4.79 Å². The Bertz CT molecular complexity index is 635.